The first-order valence-electron chi connectivity index (χ1n) is 8.62. The van der Waals surface area contributed by atoms with E-state index in [0.717, 1.165) is 30.9 Å². The molecule has 0 saturated carbocycles. The first-order chi connectivity index (χ1) is 11.6. The monoisotopic (exact) mass is 327 g/mol. The molecule has 0 spiro atoms. The van der Waals surface area contributed by atoms with Crippen molar-refractivity contribution in [1.29, 1.82) is 0 Å². The number of aromatic nitrogens is 3. The van der Waals surface area contributed by atoms with E-state index in [-0.39, 0.29) is 11.9 Å². The van der Waals surface area contributed by atoms with Crippen LogP contribution >= 0.6 is 0 Å². The predicted molar refractivity (Wildman–Crippen MR) is 92.8 cm³/mol. The van der Waals surface area contributed by atoms with Crippen molar-refractivity contribution in [3.05, 3.63) is 42.2 Å². The van der Waals surface area contributed by atoms with Crippen LogP contribution in [0, 0.1) is 5.92 Å². The van der Waals surface area contributed by atoms with Gasteiger partial charge in [0.2, 0.25) is 5.91 Å². The molecule has 1 N–H and O–H groups in total. The number of benzene rings is 1. The van der Waals surface area contributed by atoms with E-state index in [4.69, 9.17) is 0 Å². The largest absolute Gasteiger partial charge is 0.341 e. The third-order valence-electron chi connectivity index (χ3n) is 4.54. The molecule has 2 atom stereocenters. The van der Waals surface area contributed by atoms with Crippen molar-refractivity contribution in [2.75, 3.05) is 19.6 Å². The van der Waals surface area contributed by atoms with Crippen LogP contribution in [0.15, 0.2) is 36.5 Å². The molecule has 6 heteroatoms. The van der Waals surface area contributed by atoms with Gasteiger partial charge in [-0.05, 0) is 37.8 Å². The van der Waals surface area contributed by atoms with Crippen molar-refractivity contribution in [3.63, 3.8) is 0 Å². The molecule has 1 saturated heterocycles. The molecule has 0 radical (unpaired) electrons. The Morgan fingerprint density at radius 1 is 1.38 bits per heavy atom. The third kappa shape index (κ3) is 4.00. The minimum atomic E-state index is -0.0198. The first kappa shape index (κ1) is 16.6. The zero-order chi connectivity index (χ0) is 16.9. The Balaban J connectivity index is 1.54. The van der Waals surface area contributed by atoms with Gasteiger partial charge in [-0.1, -0.05) is 30.3 Å². The minimum absolute atomic E-state index is 0.0198. The second-order valence-electron chi connectivity index (χ2n) is 6.61. The fourth-order valence-corrected chi connectivity index (χ4v) is 3.05. The highest BCUT2D eigenvalue weighted by atomic mass is 16.2. The van der Waals surface area contributed by atoms with Crippen LogP contribution in [0.2, 0.25) is 0 Å². The second kappa shape index (κ2) is 7.57. The molecule has 128 valence electrons. The summed E-state index contributed by atoms with van der Waals surface area (Å²) < 4.78 is 1.75. The molecule has 1 aromatic heterocycles. The van der Waals surface area contributed by atoms with Crippen LogP contribution in [0.4, 0.5) is 0 Å². The summed E-state index contributed by atoms with van der Waals surface area (Å²) in [5.41, 5.74) is 1.81. The van der Waals surface area contributed by atoms with Gasteiger partial charge in [-0.2, -0.15) is 0 Å². The first-order valence-corrected chi connectivity index (χ1v) is 8.62. The van der Waals surface area contributed by atoms with Crippen LogP contribution in [0.5, 0.6) is 0 Å². The van der Waals surface area contributed by atoms with Crippen molar-refractivity contribution in [3.8, 4) is 5.69 Å². The molecular formula is C18H25N5O. The smallest absolute Gasteiger partial charge is 0.236 e. The highest BCUT2D eigenvalue weighted by Crippen LogP contribution is 2.16. The normalized spacial score (nSPS) is 19.2. The van der Waals surface area contributed by atoms with E-state index < -0.39 is 0 Å². The molecule has 1 aliphatic heterocycles. The highest BCUT2D eigenvalue weighted by Gasteiger charge is 2.21. The van der Waals surface area contributed by atoms with E-state index in [2.05, 4.69) is 22.6 Å². The quantitative estimate of drug-likeness (QED) is 0.914. The van der Waals surface area contributed by atoms with Crippen molar-refractivity contribution in [2.45, 2.75) is 32.7 Å². The fourth-order valence-electron chi connectivity index (χ4n) is 3.05. The van der Waals surface area contributed by atoms with Gasteiger partial charge in [0.25, 0.3) is 0 Å². The minimum Gasteiger partial charge on any atom is -0.341 e. The van der Waals surface area contributed by atoms with Crippen LogP contribution in [0.25, 0.3) is 5.69 Å². The molecule has 1 amide bonds. The number of hydrogen-bond acceptors (Lipinski definition) is 4. The number of para-hydroxylation sites is 1. The van der Waals surface area contributed by atoms with Gasteiger partial charge >= 0.3 is 0 Å². The Bertz CT molecular complexity index is 669. The van der Waals surface area contributed by atoms with E-state index in [1.807, 2.05) is 48.4 Å². The Morgan fingerprint density at radius 3 is 2.92 bits per heavy atom. The molecule has 0 unspecified atom stereocenters. The maximum Gasteiger partial charge on any atom is 0.236 e. The summed E-state index contributed by atoms with van der Waals surface area (Å²) >= 11 is 0. The van der Waals surface area contributed by atoms with Gasteiger partial charge < -0.3 is 10.2 Å². The lowest BCUT2D eigenvalue weighted by Crippen LogP contribution is -2.43. The Kier molecular flexibility index (Phi) is 5.25. The molecule has 1 aromatic carbocycles. The molecule has 2 heterocycles. The Hall–Kier alpha value is -2.21. The summed E-state index contributed by atoms with van der Waals surface area (Å²) in [6, 6.07) is 9.86. The van der Waals surface area contributed by atoms with Gasteiger partial charge in [0, 0.05) is 13.1 Å². The van der Waals surface area contributed by atoms with Crippen molar-refractivity contribution in [2.24, 2.45) is 5.92 Å². The zero-order valence-electron chi connectivity index (χ0n) is 14.4. The molecule has 6 nitrogen and oxygen atoms in total. The summed E-state index contributed by atoms with van der Waals surface area (Å²) in [4.78, 5) is 14.3. The van der Waals surface area contributed by atoms with Crippen molar-refractivity contribution >= 4 is 5.91 Å². The van der Waals surface area contributed by atoms with Gasteiger partial charge in [0.1, 0.15) is 0 Å². The van der Waals surface area contributed by atoms with Crippen LogP contribution in [0.1, 0.15) is 38.4 Å². The highest BCUT2D eigenvalue weighted by molar-refractivity contribution is 5.78. The van der Waals surface area contributed by atoms with Crippen molar-refractivity contribution in [1.82, 2.24) is 25.2 Å². The van der Waals surface area contributed by atoms with E-state index in [0.29, 0.717) is 12.5 Å². The summed E-state index contributed by atoms with van der Waals surface area (Å²) in [7, 11) is 0. The van der Waals surface area contributed by atoms with Gasteiger partial charge in [0.05, 0.1) is 30.2 Å². The molecule has 2 aromatic rings. The summed E-state index contributed by atoms with van der Waals surface area (Å²) in [5, 5.41) is 11.7. The molecule has 1 fully saturated rings. The number of rotatable bonds is 5. The predicted octanol–water partition coefficient (Wildman–Crippen LogP) is 2.18. The molecule has 0 aliphatic carbocycles. The molecule has 0 bridgehead atoms. The summed E-state index contributed by atoms with van der Waals surface area (Å²) in [6.07, 6.45) is 4.23. The van der Waals surface area contributed by atoms with Crippen LogP contribution in [0.3, 0.4) is 0 Å². The average Bonchev–Trinajstić information content (AvgIpc) is 3.10. The Morgan fingerprint density at radius 2 is 2.17 bits per heavy atom. The number of amides is 1. The van der Waals surface area contributed by atoms with Gasteiger partial charge in [-0.3, -0.25) is 4.79 Å². The summed E-state index contributed by atoms with van der Waals surface area (Å²) in [6.45, 7) is 6.30. The maximum atomic E-state index is 12.3. The van der Waals surface area contributed by atoms with E-state index in [9.17, 15) is 4.79 Å². The fraction of sp³-hybridized carbons (Fsp3) is 0.500. The molecule has 3 rings (SSSR count). The van der Waals surface area contributed by atoms with Crippen LogP contribution in [-0.4, -0.2) is 45.4 Å². The van der Waals surface area contributed by atoms with Gasteiger partial charge in [0.15, 0.2) is 0 Å². The second-order valence-corrected chi connectivity index (χ2v) is 6.61. The number of likely N-dealkylation sites (tertiary alicyclic amines) is 1. The number of carbonyl (C=O) groups excluding carboxylic acids is 1. The van der Waals surface area contributed by atoms with Gasteiger partial charge in [-0.25, -0.2) is 4.68 Å². The topological polar surface area (TPSA) is 63.1 Å². The average molecular weight is 327 g/mol. The maximum absolute atomic E-state index is 12.3. The SMILES string of the molecule is C[C@@H]1CCCN(C(=O)CN[C@H](C)c2cn(-c3ccccc3)nn2)C1. The Labute approximate surface area is 142 Å². The lowest BCUT2D eigenvalue weighted by Gasteiger charge is -2.31. The van der Waals surface area contributed by atoms with Crippen LogP contribution in [-0.2, 0) is 4.79 Å². The number of carbonyl (C=O) groups is 1. The lowest BCUT2D eigenvalue weighted by atomic mass is 10.0. The number of piperidine rings is 1. The van der Waals surface area contributed by atoms with E-state index in [1.54, 1.807) is 4.68 Å². The van der Waals surface area contributed by atoms with Crippen LogP contribution < -0.4 is 5.32 Å². The third-order valence-corrected chi connectivity index (χ3v) is 4.54. The molecule has 24 heavy (non-hydrogen) atoms. The summed E-state index contributed by atoms with van der Waals surface area (Å²) in [5.74, 6) is 0.773. The molecule has 1 aliphatic rings. The zero-order valence-corrected chi connectivity index (χ0v) is 14.4. The van der Waals surface area contributed by atoms with E-state index in [1.165, 1.54) is 6.42 Å². The lowest BCUT2D eigenvalue weighted by molar-refractivity contribution is -0.132. The molecular weight excluding hydrogens is 302 g/mol. The number of nitrogens with one attached hydrogen (secondary N) is 1. The standard InChI is InChI=1S/C18H25N5O/c1-14-7-6-10-22(12-14)18(24)11-19-15(2)17-13-23(21-20-17)16-8-4-3-5-9-16/h3-5,8-9,13-15,19H,6-7,10-12H2,1-2H3/t14-,15-/m1/s1. The number of nitrogens with zero attached hydrogens (tertiary/aromatic N) is 4. The number of hydrogen-bond donors (Lipinski definition) is 1. The van der Waals surface area contributed by atoms with Gasteiger partial charge in [-0.15, -0.1) is 5.10 Å². The van der Waals surface area contributed by atoms with E-state index >= 15 is 0 Å². The van der Waals surface area contributed by atoms with Crippen molar-refractivity contribution < 1.29 is 4.79 Å².